The van der Waals surface area contributed by atoms with Gasteiger partial charge >= 0.3 is 0 Å². The Morgan fingerprint density at radius 2 is 2.00 bits per heavy atom. The summed E-state index contributed by atoms with van der Waals surface area (Å²) >= 11 is 9.72. The van der Waals surface area contributed by atoms with Gasteiger partial charge in [0.05, 0.1) is 11.1 Å². The van der Waals surface area contributed by atoms with Crippen LogP contribution in [0.2, 0.25) is 5.02 Å². The first-order valence-electron chi connectivity index (χ1n) is 5.06. The fourth-order valence-electron chi connectivity index (χ4n) is 1.44. The number of rotatable bonds is 5. The highest BCUT2D eigenvalue weighted by Crippen LogP contribution is 2.26. The average Bonchev–Trinajstić information content (AvgIpc) is 2.26. The minimum atomic E-state index is -3.89. The second-order valence-corrected chi connectivity index (χ2v) is 6.14. The SMILES string of the molecule is NS(=O)(=O)c1ccc(C(O)C(O)CCS)cc1Cl. The predicted molar refractivity (Wildman–Crippen MR) is 72.3 cm³/mol. The van der Waals surface area contributed by atoms with E-state index in [0.717, 1.165) is 0 Å². The molecule has 0 aliphatic rings. The van der Waals surface area contributed by atoms with Crippen molar-refractivity contribution >= 4 is 34.3 Å². The summed E-state index contributed by atoms with van der Waals surface area (Å²) in [5, 5.41) is 24.3. The van der Waals surface area contributed by atoms with E-state index in [4.69, 9.17) is 16.7 Å². The molecule has 0 saturated carbocycles. The molecule has 0 aliphatic heterocycles. The van der Waals surface area contributed by atoms with Gasteiger partial charge in [0.1, 0.15) is 11.0 Å². The highest BCUT2D eigenvalue weighted by atomic mass is 35.5. The monoisotopic (exact) mass is 311 g/mol. The van der Waals surface area contributed by atoms with Crippen molar-refractivity contribution in [1.82, 2.24) is 0 Å². The first kappa shape index (κ1) is 15.7. The van der Waals surface area contributed by atoms with Crippen LogP contribution in [0.1, 0.15) is 18.1 Å². The summed E-state index contributed by atoms with van der Waals surface area (Å²) in [7, 11) is -3.89. The van der Waals surface area contributed by atoms with Crippen LogP contribution in [-0.2, 0) is 10.0 Å². The highest BCUT2D eigenvalue weighted by molar-refractivity contribution is 7.89. The molecule has 18 heavy (non-hydrogen) atoms. The maximum absolute atomic E-state index is 11.1. The molecule has 0 aliphatic carbocycles. The molecular weight excluding hydrogens is 298 g/mol. The zero-order valence-electron chi connectivity index (χ0n) is 9.32. The van der Waals surface area contributed by atoms with Gasteiger partial charge in [0.15, 0.2) is 0 Å². The van der Waals surface area contributed by atoms with Crippen LogP contribution in [0.25, 0.3) is 0 Å². The molecule has 102 valence electrons. The number of thiol groups is 1. The van der Waals surface area contributed by atoms with Gasteiger partial charge in [-0.25, -0.2) is 13.6 Å². The molecule has 1 rings (SSSR count). The van der Waals surface area contributed by atoms with Crippen LogP contribution in [0.3, 0.4) is 0 Å². The van der Waals surface area contributed by atoms with E-state index in [1.807, 2.05) is 0 Å². The lowest BCUT2D eigenvalue weighted by Gasteiger charge is -2.18. The van der Waals surface area contributed by atoms with Gasteiger partial charge in [-0.3, -0.25) is 0 Å². The number of hydrogen-bond donors (Lipinski definition) is 4. The van der Waals surface area contributed by atoms with Crippen LogP contribution < -0.4 is 5.14 Å². The number of hydrogen-bond acceptors (Lipinski definition) is 5. The second-order valence-electron chi connectivity index (χ2n) is 3.76. The van der Waals surface area contributed by atoms with Crippen molar-refractivity contribution < 1.29 is 18.6 Å². The molecule has 1 aromatic rings. The molecule has 0 bridgehead atoms. The van der Waals surface area contributed by atoms with E-state index >= 15 is 0 Å². The Kier molecular flexibility index (Phi) is 5.45. The third-order valence-corrected chi connectivity index (χ3v) is 4.05. The van der Waals surface area contributed by atoms with Gasteiger partial charge in [-0.05, 0) is 29.9 Å². The van der Waals surface area contributed by atoms with E-state index in [9.17, 15) is 18.6 Å². The van der Waals surface area contributed by atoms with Crippen molar-refractivity contribution in [3.05, 3.63) is 28.8 Å². The Morgan fingerprint density at radius 1 is 1.39 bits per heavy atom. The lowest BCUT2D eigenvalue weighted by Crippen LogP contribution is -2.19. The van der Waals surface area contributed by atoms with Crippen molar-refractivity contribution in [3.8, 4) is 0 Å². The van der Waals surface area contributed by atoms with Crippen LogP contribution in [0, 0.1) is 0 Å². The topological polar surface area (TPSA) is 101 Å². The molecule has 0 spiro atoms. The van der Waals surface area contributed by atoms with E-state index in [2.05, 4.69) is 12.6 Å². The molecule has 1 aromatic carbocycles. The van der Waals surface area contributed by atoms with Crippen molar-refractivity contribution in [1.29, 1.82) is 0 Å². The van der Waals surface area contributed by atoms with E-state index in [-0.39, 0.29) is 9.92 Å². The lowest BCUT2D eigenvalue weighted by molar-refractivity contribution is 0.0172. The molecule has 0 aromatic heterocycles. The molecule has 0 amide bonds. The summed E-state index contributed by atoms with van der Waals surface area (Å²) in [6.07, 6.45) is -1.83. The molecular formula is C10H14ClNO4S2. The third-order valence-electron chi connectivity index (χ3n) is 2.39. The Balaban J connectivity index is 3.05. The van der Waals surface area contributed by atoms with Crippen LogP contribution in [0.15, 0.2) is 23.1 Å². The normalized spacial score (nSPS) is 15.4. The molecule has 0 fully saturated rings. The summed E-state index contributed by atoms with van der Waals surface area (Å²) in [6.45, 7) is 0. The van der Waals surface area contributed by atoms with Crippen molar-refractivity contribution in [2.45, 2.75) is 23.5 Å². The molecule has 5 nitrogen and oxygen atoms in total. The maximum Gasteiger partial charge on any atom is 0.239 e. The fraction of sp³-hybridized carbons (Fsp3) is 0.400. The number of aliphatic hydroxyl groups is 2. The number of halogens is 1. The first-order valence-corrected chi connectivity index (χ1v) is 7.62. The predicted octanol–water partition coefficient (Wildman–Crippen LogP) is 0.702. The smallest absolute Gasteiger partial charge is 0.239 e. The Labute approximate surface area is 116 Å². The van der Waals surface area contributed by atoms with Crippen LogP contribution >= 0.6 is 24.2 Å². The molecule has 2 unspecified atom stereocenters. The molecule has 0 saturated heterocycles. The Morgan fingerprint density at radius 3 is 2.44 bits per heavy atom. The Hall–Kier alpha value is -0.310. The minimum Gasteiger partial charge on any atom is -0.390 e. The molecule has 2 atom stereocenters. The zero-order chi connectivity index (χ0) is 13.9. The summed E-state index contributed by atoms with van der Waals surface area (Å²) in [5.41, 5.74) is 0.321. The molecule has 0 heterocycles. The molecule has 8 heteroatoms. The van der Waals surface area contributed by atoms with E-state index < -0.39 is 22.2 Å². The first-order chi connectivity index (χ1) is 8.27. The number of aliphatic hydroxyl groups excluding tert-OH is 2. The summed E-state index contributed by atoms with van der Waals surface area (Å²) in [5.74, 6) is 0.418. The minimum absolute atomic E-state index is 0.0906. The van der Waals surface area contributed by atoms with Gasteiger partial charge in [-0.2, -0.15) is 12.6 Å². The largest absolute Gasteiger partial charge is 0.390 e. The van der Waals surface area contributed by atoms with Crippen molar-refractivity contribution in [2.24, 2.45) is 5.14 Å². The van der Waals surface area contributed by atoms with Crippen LogP contribution in [-0.4, -0.2) is 30.5 Å². The zero-order valence-corrected chi connectivity index (χ0v) is 11.8. The second kappa shape index (κ2) is 6.23. The average molecular weight is 312 g/mol. The fourth-order valence-corrected chi connectivity index (χ4v) is 2.81. The lowest BCUT2D eigenvalue weighted by atomic mass is 10.0. The van der Waals surface area contributed by atoms with Crippen LogP contribution in [0.5, 0.6) is 0 Å². The number of nitrogens with two attached hydrogens (primary N) is 1. The number of primary sulfonamides is 1. The van der Waals surface area contributed by atoms with Crippen LogP contribution in [0.4, 0.5) is 0 Å². The number of benzene rings is 1. The van der Waals surface area contributed by atoms with Gasteiger partial charge in [-0.15, -0.1) is 0 Å². The van der Waals surface area contributed by atoms with Crippen molar-refractivity contribution in [2.75, 3.05) is 5.75 Å². The quantitative estimate of drug-likeness (QED) is 0.601. The van der Waals surface area contributed by atoms with Gasteiger partial charge in [0, 0.05) is 0 Å². The highest BCUT2D eigenvalue weighted by Gasteiger charge is 2.20. The summed E-state index contributed by atoms with van der Waals surface area (Å²) < 4.78 is 22.3. The van der Waals surface area contributed by atoms with Gasteiger partial charge in [-0.1, -0.05) is 17.7 Å². The van der Waals surface area contributed by atoms with Gasteiger partial charge < -0.3 is 10.2 Å². The Bertz CT molecular complexity index is 521. The van der Waals surface area contributed by atoms with Crippen molar-refractivity contribution in [3.63, 3.8) is 0 Å². The number of sulfonamides is 1. The van der Waals surface area contributed by atoms with E-state index in [1.165, 1.54) is 18.2 Å². The molecule has 4 N–H and O–H groups in total. The van der Waals surface area contributed by atoms with E-state index in [1.54, 1.807) is 0 Å². The van der Waals surface area contributed by atoms with Gasteiger partial charge in [0.25, 0.3) is 0 Å². The van der Waals surface area contributed by atoms with Gasteiger partial charge in [0.2, 0.25) is 10.0 Å². The summed E-state index contributed by atoms with van der Waals surface area (Å²) in [4.78, 5) is -0.219. The standard InChI is InChI=1S/C10H14ClNO4S2/c11-7-5-6(10(14)8(13)3-4-17)1-2-9(7)18(12,15)16/h1-2,5,8,10,13-14,17H,3-4H2,(H2,12,15,16). The summed E-state index contributed by atoms with van der Waals surface area (Å²) in [6, 6.07) is 3.83. The van der Waals surface area contributed by atoms with E-state index in [0.29, 0.717) is 17.7 Å². The third kappa shape index (κ3) is 3.84. The molecule has 0 radical (unpaired) electrons. The maximum atomic E-state index is 11.1.